The Morgan fingerprint density at radius 2 is 1.70 bits per heavy atom. The number of nitrogens with one attached hydrogen (secondary N) is 2. The molecule has 4 saturated carbocycles. The number of rotatable bonds is 8. The molecule has 4 fully saturated rings. The first-order valence-electron chi connectivity index (χ1n) is 10.4. The van der Waals surface area contributed by atoms with Crippen molar-refractivity contribution in [3.05, 3.63) is 17.0 Å². The molecule has 4 aliphatic carbocycles. The Morgan fingerprint density at radius 3 is 2.30 bits per heavy atom. The molecular formula is C21H27N3O5S. The summed E-state index contributed by atoms with van der Waals surface area (Å²) in [6.07, 6.45) is 7.83. The van der Waals surface area contributed by atoms with Crippen LogP contribution in [0.15, 0.2) is 11.4 Å². The summed E-state index contributed by atoms with van der Waals surface area (Å²) in [6, 6.07) is 1.51. The maximum Gasteiger partial charge on any atom is 0.325 e. The molecule has 1 heterocycles. The highest BCUT2D eigenvalue weighted by Gasteiger charge is 2.51. The van der Waals surface area contributed by atoms with Crippen molar-refractivity contribution in [2.75, 3.05) is 18.5 Å². The zero-order valence-corrected chi connectivity index (χ0v) is 17.6. The van der Waals surface area contributed by atoms with Crippen LogP contribution in [0.4, 0.5) is 5.00 Å². The van der Waals surface area contributed by atoms with Gasteiger partial charge in [0.15, 0.2) is 6.61 Å². The molecule has 8 nitrogen and oxygen atoms in total. The molecule has 9 heteroatoms. The van der Waals surface area contributed by atoms with E-state index < -0.39 is 24.4 Å². The van der Waals surface area contributed by atoms with E-state index in [2.05, 4.69) is 10.6 Å². The van der Waals surface area contributed by atoms with Crippen molar-refractivity contribution < 1.29 is 23.9 Å². The first-order valence-corrected chi connectivity index (χ1v) is 11.3. The number of thiophene rings is 1. The molecule has 30 heavy (non-hydrogen) atoms. The molecule has 0 saturated heterocycles. The van der Waals surface area contributed by atoms with Gasteiger partial charge in [-0.1, -0.05) is 0 Å². The second-order valence-electron chi connectivity index (χ2n) is 9.11. The van der Waals surface area contributed by atoms with E-state index in [1.54, 1.807) is 5.38 Å². The molecule has 5 rings (SSSR count). The van der Waals surface area contributed by atoms with Crippen LogP contribution in [0.25, 0.3) is 0 Å². The average Bonchev–Trinajstić information content (AvgIpc) is 3.11. The summed E-state index contributed by atoms with van der Waals surface area (Å²) in [5.41, 5.74) is 5.54. The van der Waals surface area contributed by atoms with Gasteiger partial charge in [0.05, 0.1) is 5.56 Å². The summed E-state index contributed by atoms with van der Waals surface area (Å²) in [6.45, 7) is -0.760. The summed E-state index contributed by atoms with van der Waals surface area (Å²) in [7, 11) is 0. The highest BCUT2D eigenvalue weighted by atomic mass is 32.1. The number of carbonyl (C=O) groups is 4. The number of ether oxygens (including phenoxy) is 1. The van der Waals surface area contributed by atoms with Gasteiger partial charge in [-0.25, -0.2) is 0 Å². The number of primary amides is 1. The van der Waals surface area contributed by atoms with Crippen LogP contribution in [0.1, 0.15) is 55.3 Å². The zero-order chi connectivity index (χ0) is 21.3. The van der Waals surface area contributed by atoms with Crippen molar-refractivity contribution in [3.63, 3.8) is 0 Å². The molecule has 0 aromatic carbocycles. The number of hydrogen-bond donors (Lipinski definition) is 3. The van der Waals surface area contributed by atoms with Gasteiger partial charge in [0.25, 0.3) is 11.8 Å². The second kappa shape index (κ2) is 8.37. The Hall–Kier alpha value is -2.42. The Bertz CT molecular complexity index is 829. The topological polar surface area (TPSA) is 128 Å². The highest BCUT2D eigenvalue weighted by molar-refractivity contribution is 7.14. The Kier molecular flexibility index (Phi) is 5.81. The average molecular weight is 434 g/mol. The lowest BCUT2D eigenvalue weighted by atomic mass is 9.49. The minimum Gasteiger partial charge on any atom is -0.454 e. The minimum absolute atomic E-state index is 0.113. The van der Waals surface area contributed by atoms with E-state index in [-0.39, 0.29) is 23.4 Å². The SMILES string of the molecule is NC(=O)c1ccsc1NC(=O)COC(=O)CNC(=O)CC12CC3CC(CC(C3)C1)C2. The Balaban J connectivity index is 1.18. The van der Waals surface area contributed by atoms with E-state index in [1.165, 1.54) is 25.3 Å². The third-order valence-electron chi connectivity index (χ3n) is 6.68. The van der Waals surface area contributed by atoms with Crippen molar-refractivity contribution in [2.24, 2.45) is 28.9 Å². The molecule has 1 aromatic rings. The fourth-order valence-corrected chi connectivity index (χ4v) is 6.85. The standard InChI is InChI=1S/C21H27N3O5S/c22-19(28)15-1-2-30-20(15)24-17(26)11-29-18(27)10-23-16(25)9-21-6-12-3-13(7-21)5-14(4-12)8-21/h1-2,12-14H,3-11H2,(H2,22,28)(H,23,25)(H,24,26). The maximum atomic E-state index is 12.4. The summed E-state index contributed by atoms with van der Waals surface area (Å²) in [5, 5.41) is 7.08. The molecule has 0 radical (unpaired) electrons. The quantitative estimate of drug-likeness (QED) is 0.541. The van der Waals surface area contributed by atoms with Crippen LogP contribution < -0.4 is 16.4 Å². The van der Waals surface area contributed by atoms with Crippen molar-refractivity contribution in [1.29, 1.82) is 0 Å². The molecule has 0 aliphatic heterocycles. The predicted molar refractivity (Wildman–Crippen MR) is 111 cm³/mol. The van der Waals surface area contributed by atoms with Crippen LogP contribution in [0.3, 0.4) is 0 Å². The molecule has 0 spiro atoms. The van der Waals surface area contributed by atoms with Gasteiger partial charge in [0.1, 0.15) is 11.5 Å². The summed E-state index contributed by atoms with van der Waals surface area (Å²) >= 11 is 1.15. The van der Waals surface area contributed by atoms with Crippen LogP contribution in [0.5, 0.6) is 0 Å². The van der Waals surface area contributed by atoms with E-state index in [0.717, 1.165) is 48.4 Å². The molecule has 0 unspecified atom stereocenters. The third kappa shape index (κ3) is 4.66. The van der Waals surface area contributed by atoms with Crippen LogP contribution in [0, 0.1) is 23.2 Å². The number of nitrogens with two attached hydrogens (primary N) is 1. The van der Waals surface area contributed by atoms with E-state index in [9.17, 15) is 19.2 Å². The number of carbonyl (C=O) groups excluding carboxylic acids is 4. The van der Waals surface area contributed by atoms with Gasteiger partial charge >= 0.3 is 5.97 Å². The highest BCUT2D eigenvalue weighted by Crippen LogP contribution is 2.61. The first-order chi connectivity index (χ1) is 14.3. The van der Waals surface area contributed by atoms with Crippen molar-refractivity contribution in [3.8, 4) is 0 Å². The van der Waals surface area contributed by atoms with E-state index >= 15 is 0 Å². The summed E-state index contributed by atoms with van der Waals surface area (Å²) in [4.78, 5) is 47.5. The number of esters is 1. The van der Waals surface area contributed by atoms with Crippen LogP contribution in [0.2, 0.25) is 0 Å². The van der Waals surface area contributed by atoms with Gasteiger partial charge in [0.2, 0.25) is 5.91 Å². The first kappa shape index (κ1) is 20.8. The molecule has 3 amide bonds. The molecule has 162 valence electrons. The number of anilines is 1. The van der Waals surface area contributed by atoms with E-state index in [4.69, 9.17) is 10.5 Å². The molecule has 4 bridgehead atoms. The minimum atomic E-state index is -0.676. The number of hydrogen-bond acceptors (Lipinski definition) is 6. The Labute approximate surface area is 178 Å². The zero-order valence-electron chi connectivity index (χ0n) is 16.8. The van der Waals surface area contributed by atoms with E-state index in [0.29, 0.717) is 11.4 Å². The van der Waals surface area contributed by atoms with Gasteiger partial charge in [-0.15, -0.1) is 11.3 Å². The van der Waals surface area contributed by atoms with Crippen molar-refractivity contribution in [1.82, 2.24) is 5.32 Å². The molecule has 1 aromatic heterocycles. The normalized spacial score (nSPS) is 28.7. The van der Waals surface area contributed by atoms with Gasteiger partial charge in [0, 0.05) is 6.42 Å². The molecule has 0 atom stereocenters. The van der Waals surface area contributed by atoms with E-state index in [1.807, 2.05) is 0 Å². The largest absolute Gasteiger partial charge is 0.454 e. The van der Waals surface area contributed by atoms with Gasteiger partial charge in [-0.2, -0.15) is 0 Å². The number of amides is 3. The fraction of sp³-hybridized carbons (Fsp3) is 0.619. The van der Waals surface area contributed by atoms with Crippen LogP contribution in [-0.4, -0.2) is 36.8 Å². The smallest absolute Gasteiger partial charge is 0.325 e. The second-order valence-corrected chi connectivity index (χ2v) is 10.0. The predicted octanol–water partition coefficient (Wildman–Crippen LogP) is 2.05. The van der Waals surface area contributed by atoms with Crippen LogP contribution >= 0.6 is 11.3 Å². The van der Waals surface area contributed by atoms with Gasteiger partial charge < -0.3 is 21.1 Å². The maximum absolute atomic E-state index is 12.4. The molecule has 4 N–H and O–H groups in total. The Morgan fingerprint density at radius 1 is 1.07 bits per heavy atom. The lowest BCUT2D eigenvalue weighted by Crippen LogP contribution is -2.48. The van der Waals surface area contributed by atoms with Gasteiger partial charge in [-0.05, 0) is 73.1 Å². The van der Waals surface area contributed by atoms with Crippen molar-refractivity contribution in [2.45, 2.75) is 44.9 Å². The lowest BCUT2D eigenvalue weighted by Gasteiger charge is -2.56. The summed E-state index contributed by atoms with van der Waals surface area (Å²) < 4.78 is 4.92. The summed E-state index contributed by atoms with van der Waals surface area (Å²) in [5.74, 6) is 0.287. The third-order valence-corrected chi connectivity index (χ3v) is 7.51. The fourth-order valence-electron chi connectivity index (χ4n) is 6.04. The lowest BCUT2D eigenvalue weighted by molar-refractivity contribution is -0.147. The van der Waals surface area contributed by atoms with Crippen molar-refractivity contribution >= 4 is 40.0 Å². The molecular weight excluding hydrogens is 406 g/mol. The van der Waals surface area contributed by atoms with Crippen LogP contribution in [-0.2, 0) is 19.1 Å². The monoisotopic (exact) mass is 433 g/mol. The molecule has 4 aliphatic rings. The van der Waals surface area contributed by atoms with Gasteiger partial charge in [-0.3, -0.25) is 19.2 Å².